The van der Waals surface area contributed by atoms with Crippen LogP contribution in [0.4, 0.5) is 0 Å². The molecule has 0 radical (unpaired) electrons. The summed E-state index contributed by atoms with van der Waals surface area (Å²) in [4.78, 5) is 14.5. The fourth-order valence-electron chi connectivity index (χ4n) is 4.19. The van der Waals surface area contributed by atoms with Crippen LogP contribution in [0.2, 0.25) is 0 Å². The molecular formula is C22H37N3O2. The van der Waals surface area contributed by atoms with Crippen LogP contribution in [0, 0.1) is 11.3 Å². The van der Waals surface area contributed by atoms with Gasteiger partial charge in [0.15, 0.2) is 0 Å². The molecule has 0 spiro atoms. The summed E-state index contributed by atoms with van der Waals surface area (Å²) in [5, 5.41) is 12.9. The Labute approximate surface area is 165 Å². The van der Waals surface area contributed by atoms with Crippen LogP contribution in [0.15, 0.2) is 11.8 Å². The van der Waals surface area contributed by atoms with Gasteiger partial charge in [-0.3, -0.25) is 4.79 Å². The molecule has 5 nitrogen and oxygen atoms in total. The zero-order chi connectivity index (χ0) is 19.5. The molecule has 5 heteroatoms. The summed E-state index contributed by atoms with van der Waals surface area (Å²) in [6.07, 6.45) is 15.7. The standard InChI is InChI=1S/C22H37N3O2/c1-18-16-25(17-19(2)27-18)22(26)20(14-23)15-24-21-12-10-8-6-4-3-5-7-9-11-13-21/h15,18-19,21,24H,3-13,16-17H2,1-2H3/b20-15-. The molecule has 152 valence electrons. The lowest BCUT2D eigenvalue weighted by Crippen LogP contribution is -2.48. The Balaban J connectivity index is 1.92. The third kappa shape index (κ3) is 7.92. The zero-order valence-corrected chi connectivity index (χ0v) is 17.2. The Bertz CT molecular complexity index is 504. The number of nitrogens with one attached hydrogen (secondary N) is 1. The van der Waals surface area contributed by atoms with Gasteiger partial charge in [-0.15, -0.1) is 0 Å². The third-order valence-corrected chi connectivity index (χ3v) is 5.63. The molecule has 1 saturated carbocycles. The quantitative estimate of drug-likeness (QED) is 0.590. The highest BCUT2D eigenvalue weighted by Gasteiger charge is 2.27. The molecule has 1 amide bonds. The number of ether oxygens (including phenoxy) is 1. The normalized spacial score (nSPS) is 27.1. The summed E-state index contributed by atoms with van der Waals surface area (Å²) >= 11 is 0. The van der Waals surface area contributed by atoms with E-state index in [1.165, 1.54) is 57.8 Å². The molecule has 2 rings (SSSR count). The lowest BCUT2D eigenvalue weighted by atomic mass is 9.98. The lowest BCUT2D eigenvalue weighted by molar-refractivity contribution is -0.138. The van der Waals surface area contributed by atoms with Gasteiger partial charge in [-0.25, -0.2) is 0 Å². The van der Waals surface area contributed by atoms with Gasteiger partial charge in [-0.05, 0) is 26.7 Å². The molecule has 2 aliphatic rings. The topological polar surface area (TPSA) is 65.4 Å². The van der Waals surface area contributed by atoms with Crippen molar-refractivity contribution in [1.29, 1.82) is 5.26 Å². The Kier molecular flexibility index (Phi) is 9.69. The fraction of sp³-hybridized carbons (Fsp3) is 0.818. The van der Waals surface area contributed by atoms with E-state index in [1.807, 2.05) is 13.8 Å². The van der Waals surface area contributed by atoms with Gasteiger partial charge in [0.1, 0.15) is 11.6 Å². The molecule has 0 bridgehead atoms. The van der Waals surface area contributed by atoms with Crippen molar-refractivity contribution in [2.75, 3.05) is 13.1 Å². The van der Waals surface area contributed by atoms with Crippen molar-refractivity contribution in [2.45, 2.75) is 103 Å². The van der Waals surface area contributed by atoms with Crippen LogP contribution in [0.1, 0.15) is 84.5 Å². The fourth-order valence-corrected chi connectivity index (χ4v) is 4.19. The number of nitrogens with zero attached hydrogens (tertiary/aromatic N) is 2. The number of rotatable bonds is 3. The highest BCUT2D eigenvalue weighted by atomic mass is 16.5. The van der Waals surface area contributed by atoms with Gasteiger partial charge >= 0.3 is 0 Å². The highest BCUT2D eigenvalue weighted by Crippen LogP contribution is 2.18. The Hall–Kier alpha value is -1.54. The number of morpholine rings is 1. The summed E-state index contributed by atoms with van der Waals surface area (Å²) in [5.41, 5.74) is 0.211. The second kappa shape index (κ2) is 12.0. The molecule has 0 aromatic rings. The number of nitriles is 1. The number of hydrogen-bond donors (Lipinski definition) is 1. The van der Waals surface area contributed by atoms with Crippen molar-refractivity contribution in [2.24, 2.45) is 0 Å². The minimum atomic E-state index is -0.180. The first-order valence-corrected chi connectivity index (χ1v) is 10.9. The lowest BCUT2D eigenvalue weighted by Gasteiger charge is -2.35. The van der Waals surface area contributed by atoms with Gasteiger partial charge < -0.3 is 15.0 Å². The average Bonchev–Trinajstić information content (AvgIpc) is 2.63. The van der Waals surface area contributed by atoms with E-state index in [0.717, 1.165) is 12.8 Å². The minimum absolute atomic E-state index is 0.0110. The maximum atomic E-state index is 12.7. The summed E-state index contributed by atoms with van der Waals surface area (Å²) in [6.45, 7) is 5.03. The Morgan fingerprint density at radius 3 is 1.93 bits per heavy atom. The highest BCUT2D eigenvalue weighted by molar-refractivity contribution is 5.97. The molecule has 1 N–H and O–H groups in total. The Morgan fingerprint density at radius 2 is 1.44 bits per heavy atom. The smallest absolute Gasteiger partial charge is 0.266 e. The maximum Gasteiger partial charge on any atom is 0.266 e. The molecule has 1 aliphatic carbocycles. The summed E-state index contributed by atoms with van der Waals surface area (Å²) < 4.78 is 5.69. The predicted molar refractivity (Wildman–Crippen MR) is 108 cm³/mol. The maximum absolute atomic E-state index is 12.7. The number of carbonyl (C=O) groups excluding carboxylic acids is 1. The molecular weight excluding hydrogens is 338 g/mol. The Morgan fingerprint density at radius 1 is 0.963 bits per heavy atom. The molecule has 0 aromatic heterocycles. The van der Waals surface area contributed by atoms with Crippen LogP contribution in [0.3, 0.4) is 0 Å². The van der Waals surface area contributed by atoms with E-state index in [1.54, 1.807) is 11.1 Å². The van der Waals surface area contributed by atoms with Crippen LogP contribution in [-0.4, -0.2) is 42.1 Å². The van der Waals surface area contributed by atoms with Crippen molar-refractivity contribution >= 4 is 5.91 Å². The third-order valence-electron chi connectivity index (χ3n) is 5.63. The van der Waals surface area contributed by atoms with Crippen LogP contribution < -0.4 is 5.32 Å². The molecule has 27 heavy (non-hydrogen) atoms. The van der Waals surface area contributed by atoms with E-state index in [2.05, 4.69) is 11.4 Å². The van der Waals surface area contributed by atoms with Crippen LogP contribution >= 0.6 is 0 Å². The first-order chi connectivity index (χ1) is 13.1. The summed E-state index contributed by atoms with van der Waals surface area (Å²) in [5.74, 6) is -0.180. The van der Waals surface area contributed by atoms with Gasteiger partial charge in [-0.2, -0.15) is 5.26 Å². The average molecular weight is 376 g/mol. The molecule has 2 fully saturated rings. The van der Waals surface area contributed by atoms with Crippen LogP contribution in [0.25, 0.3) is 0 Å². The molecule has 2 atom stereocenters. The molecule has 1 heterocycles. The predicted octanol–water partition coefficient (Wildman–Crippen LogP) is 4.29. The molecule has 1 aliphatic heterocycles. The van der Waals surface area contributed by atoms with Gasteiger partial charge in [0.2, 0.25) is 0 Å². The summed E-state index contributed by atoms with van der Waals surface area (Å²) in [6, 6.07) is 2.47. The van der Waals surface area contributed by atoms with E-state index in [0.29, 0.717) is 19.1 Å². The second-order valence-corrected chi connectivity index (χ2v) is 8.26. The first-order valence-electron chi connectivity index (χ1n) is 10.9. The van der Waals surface area contributed by atoms with Crippen LogP contribution in [0.5, 0.6) is 0 Å². The van der Waals surface area contributed by atoms with Crippen molar-refractivity contribution < 1.29 is 9.53 Å². The zero-order valence-electron chi connectivity index (χ0n) is 17.2. The van der Waals surface area contributed by atoms with Crippen molar-refractivity contribution in [3.8, 4) is 6.07 Å². The first kappa shape index (κ1) is 21.8. The van der Waals surface area contributed by atoms with Crippen molar-refractivity contribution in [3.05, 3.63) is 11.8 Å². The minimum Gasteiger partial charge on any atom is -0.387 e. The molecule has 2 unspecified atom stereocenters. The van der Waals surface area contributed by atoms with E-state index in [9.17, 15) is 10.1 Å². The number of hydrogen-bond acceptors (Lipinski definition) is 4. The van der Waals surface area contributed by atoms with E-state index >= 15 is 0 Å². The number of amides is 1. The molecule has 1 saturated heterocycles. The molecule has 0 aromatic carbocycles. The number of carbonyl (C=O) groups is 1. The largest absolute Gasteiger partial charge is 0.387 e. The second-order valence-electron chi connectivity index (χ2n) is 8.26. The van der Waals surface area contributed by atoms with Gasteiger partial charge in [0.05, 0.1) is 12.2 Å². The van der Waals surface area contributed by atoms with Gasteiger partial charge in [0, 0.05) is 25.3 Å². The van der Waals surface area contributed by atoms with Crippen molar-refractivity contribution in [3.63, 3.8) is 0 Å². The van der Waals surface area contributed by atoms with E-state index in [4.69, 9.17) is 4.74 Å². The van der Waals surface area contributed by atoms with Crippen molar-refractivity contribution in [1.82, 2.24) is 10.2 Å². The van der Waals surface area contributed by atoms with Crippen LogP contribution in [-0.2, 0) is 9.53 Å². The van der Waals surface area contributed by atoms with E-state index in [-0.39, 0.29) is 23.7 Å². The monoisotopic (exact) mass is 375 g/mol. The summed E-state index contributed by atoms with van der Waals surface area (Å²) in [7, 11) is 0. The SMILES string of the molecule is CC1CN(C(=O)/C(C#N)=C\NC2CCCCCCCCCCC2)CC(C)O1. The van der Waals surface area contributed by atoms with E-state index < -0.39 is 0 Å². The van der Waals surface area contributed by atoms with Gasteiger partial charge in [0.25, 0.3) is 5.91 Å². The van der Waals surface area contributed by atoms with Gasteiger partial charge in [-0.1, -0.05) is 57.8 Å².